The molecule has 0 spiro atoms. The first-order valence-electron chi connectivity index (χ1n) is 19.3. The molecule has 4 heterocycles. The number of benzene rings is 4. The topological polar surface area (TPSA) is 69.4 Å². The molecule has 0 fully saturated rings. The standard InChI is InChI=1S/C49H39B2N6S2/c1-7-10-24-38-31(4)57(49-53-40(9-3)43(59-49)30-50-5)44(51-6)39(38)28-32(8-2)35-22-17-23-37(27-35)48-52-41-29-36(25-26-42(41)58-48)47-55-45(33-18-13-11-14-19-33)54-46(56-47)34-20-15-12-16-21-34/h7-30H,1-3H2,4-6H3/b24-10-,32-28+. The van der Waals surface area contributed by atoms with Crippen molar-refractivity contribution in [1.29, 1.82) is 0 Å². The molecule has 0 aliphatic carbocycles. The second-order valence-electron chi connectivity index (χ2n) is 13.6. The molecular formula is C49H39B2N6S2. The van der Waals surface area contributed by atoms with Crippen LogP contribution in [0.2, 0.25) is 13.6 Å². The maximum atomic E-state index is 5.15. The zero-order valence-electron chi connectivity index (χ0n) is 33.1. The Hall–Kier alpha value is -6.61. The third-order valence-electron chi connectivity index (χ3n) is 9.88. The van der Waals surface area contributed by atoms with E-state index in [9.17, 15) is 0 Å². The van der Waals surface area contributed by atoms with Crippen LogP contribution in [0.15, 0.2) is 141 Å². The molecule has 4 aromatic heterocycles. The zero-order valence-corrected chi connectivity index (χ0v) is 34.8. The second-order valence-corrected chi connectivity index (χ2v) is 15.6. The molecule has 0 bridgehead atoms. The SMILES string of the molecule is C=C/C=C\c1c(/C=C(\C=C)c2cccc(-c3nc4cc(-c5nc(-c6ccccc6)nc(-c6ccccc6)n5)ccc4s3)c2)c([B]C)n(-c2nc(C=C)c(C=BC)s2)c1C. The summed E-state index contributed by atoms with van der Waals surface area (Å²) in [5, 5.41) is 1.81. The molecule has 10 heteroatoms. The van der Waals surface area contributed by atoms with E-state index in [1.165, 1.54) is 0 Å². The van der Waals surface area contributed by atoms with Crippen LogP contribution >= 0.6 is 22.7 Å². The van der Waals surface area contributed by atoms with E-state index < -0.39 is 0 Å². The molecule has 8 aromatic rings. The van der Waals surface area contributed by atoms with Crippen molar-refractivity contribution in [3.8, 4) is 49.9 Å². The predicted molar refractivity (Wildman–Crippen MR) is 256 cm³/mol. The van der Waals surface area contributed by atoms with Crippen LogP contribution < -0.4 is 5.59 Å². The van der Waals surface area contributed by atoms with Gasteiger partial charge in [0, 0.05) is 16.7 Å². The molecule has 0 saturated heterocycles. The van der Waals surface area contributed by atoms with Gasteiger partial charge >= 0.3 is 191 Å². The molecular weight excluding hydrogens is 758 g/mol. The Labute approximate surface area is 354 Å². The first-order valence-corrected chi connectivity index (χ1v) is 20.9. The van der Waals surface area contributed by atoms with Crippen LogP contribution in [0.25, 0.3) is 83.9 Å². The average Bonchev–Trinajstić information content (AvgIpc) is 3.98. The fourth-order valence-corrected chi connectivity index (χ4v) is 9.08. The van der Waals surface area contributed by atoms with Crippen molar-refractivity contribution in [1.82, 2.24) is 29.5 Å². The Bertz CT molecular complexity index is 2900. The molecule has 0 aliphatic heterocycles. The third kappa shape index (κ3) is 7.97. The molecule has 0 saturated carbocycles. The molecule has 0 atom stereocenters. The van der Waals surface area contributed by atoms with Gasteiger partial charge in [-0.2, -0.15) is 0 Å². The molecule has 283 valence electrons. The Morgan fingerprint density at radius 3 is 2.00 bits per heavy atom. The monoisotopic (exact) mass is 797 g/mol. The van der Waals surface area contributed by atoms with Crippen molar-refractivity contribution >= 4 is 82.5 Å². The molecule has 0 unspecified atom stereocenters. The number of aromatic nitrogens is 6. The van der Waals surface area contributed by atoms with E-state index in [0.29, 0.717) is 17.5 Å². The predicted octanol–water partition coefficient (Wildman–Crippen LogP) is 11.6. The molecule has 4 aromatic carbocycles. The summed E-state index contributed by atoms with van der Waals surface area (Å²) in [5.41, 5.74) is 11.8. The van der Waals surface area contributed by atoms with E-state index in [2.05, 4.69) is 106 Å². The fourth-order valence-electron chi connectivity index (χ4n) is 7.03. The quantitative estimate of drug-likeness (QED) is 0.0858. The van der Waals surface area contributed by atoms with Crippen molar-refractivity contribution in [2.45, 2.75) is 20.6 Å². The van der Waals surface area contributed by atoms with Gasteiger partial charge in [0.2, 0.25) is 0 Å². The van der Waals surface area contributed by atoms with E-state index in [4.69, 9.17) is 24.9 Å². The van der Waals surface area contributed by atoms with E-state index in [0.717, 1.165) is 86.7 Å². The number of allylic oxidation sites excluding steroid dienone is 4. The van der Waals surface area contributed by atoms with Gasteiger partial charge in [-0.25, -0.2) is 19.9 Å². The maximum absolute atomic E-state index is 5.15. The molecule has 0 amide bonds. The zero-order chi connectivity index (χ0) is 40.9. The van der Waals surface area contributed by atoms with Crippen LogP contribution in [0.5, 0.6) is 0 Å². The number of hydrogen-bond donors (Lipinski definition) is 0. The number of thiazole rings is 2. The van der Waals surface area contributed by atoms with Gasteiger partial charge in [-0.3, -0.25) is 0 Å². The first kappa shape index (κ1) is 39.2. The second kappa shape index (κ2) is 17.5. The van der Waals surface area contributed by atoms with Crippen LogP contribution in [-0.2, 0) is 0 Å². The molecule has 8 rings (SSSR count). The van der Waals surface area contributed by atoms with Gasteiger partial charge in [-0.1, -0.05) is 66.7 Å². The summed E-state index contributed by atoms with van der Waals surface area (Å²) in [4.78, 5) is 25.9. The fraction of sp³-hybridized carbons (Fsp3) is 0.0612. The van der Waals surface area contributed by atoms with E-state index in [1.807, 2.05) is 92.6 Å². The van der Waals surface area contributed by atoms with Crippen LogP contribution in [0.1, 0.15) is 33.0 Å². The summed E-state index contributed by atoms with van der Waals surface area (Å²) in [6.45, 7) is 20.5. The minimum atomic E-state index is 0.598. The average molecular weight is 798 g/mol. The van der Waals surface area contributed by atoms with Gasteiger partial charge in [0.05, 0.1) is 10.2 Å². The van der Waals surface area contributed by atoms with Crippen LogP contribution in [-0.4, -0.2) is 49.7 Å². The van der Waals surface area contributed by atoms with Gasteiger partial charge in [0.25, 0.3) is 0 Å². The number of nitrogens with zero attached hydrogens (tertiary/aromatic N) is 6. The summed E-state index contributed by atoms with van der Waals surface area (Å²) in [6, 6.07) is 34.8. The number of hydrogen-bond acceptors (Lipinski definition) is 7. The summed E-state index contributed by atoms with van der Waals surface area (Å²) in [5.74, 6) is 3.93. The normalized spacial score (nSPS) is 11.7. The Kier molecular flexibility index (Phi) is 11.6. The van der Waals surface area contributed by atoms with Gasteiger partial charge in [0.1, 0.15) is 5.01 Å². The number of fused-ring (bicyclic) bond motifs is 1. The van der Waals surface area contributed by atoms with Crippen molar-refractivity contribution in [3.05, 3.63) is 174 Å². The van der Waals surface area contributed by atoms with E-state index >= 15 is 0 Å². The van der Waals surface area contributed by atoms with Crippen LogP contribution in [0.3, 0.4) is 0 Å². The van der Waals surface area contributed by atoms with E-state index in [1.54, 1.807) is 28.7 Å². The van der Waals surface area contributed by atoms with Gasteiger partial charge in [-0.15, -0.1) is 11.3 Å². The van der Waals surface area contributed by atoms with Crippen LogP contribution in [0, 0.1) is 6.92 Å². The summed E-state index contributed by atoms with van der Waals surface area (Å²) in [7, 11) is 2.14. The first-order chi connectivity index (χ1) is 28.9. The molecule has 0 aliphatic rings. The Morgan fingerprint density at radius 1 is 0.695 bits per heavy atom. The molecule has 0 N–H and O–H groups in total. The molecule has 6 nitrogen and oxygen atoms in total. The van der Waals surface area contributed by atoms with E-state index in [-0.39, 0.29) is 0 Å². The molecule has 1 radical (unpaired) electrons. The van der Waals surface area contributed by atoms with Crippen molar-refractivity contribution in [3.63, 3.8) is 0 Å². The minimum absolute atomic E-state index is 0.598. The van der Waals surface area contributed by atoms with Crippen molar-refractivity contribution < 1.29 is 0 Å². The third-order valence-corrected chi connectivity index (χ3v) is 12.0. The van der Waals surface area contributed by atoms with Crippen LogP contribution in [0.4, 0.5) is 0 Å². The summed E-state index contributed by atoms with van der Waals surface area (Å²) >= 11 is 3.31. The van der Waals surface area contributed by atoms with Gasteiger partial charge in [0.15, 0.2) is 17.5 Å². The van der Waals surface area contributed by atoms with Gasteiger partial charge < -0.3 is 0 Å². The summed E-state index contributed by atoms with van der Waals surface area (Å²) in [6.07, 6.45) is 11.8. The Balaban J connectivity index is 1.18. The number of rotatable bonds is 13. The van der Waals surface area contributed by atoms with Gasteiger partial charge in [-0.05, 0) is 18.2 Å². The van der Waals surface area contributed by atoms with Crippen molar-refractivity contribution in [2.24, 2.45) is 0 Å². The Morgan fingerprint density at radius 2 is 1.37 bits per heavy atom. The molecule has 59 heavy (non-hydrogen) atoms. The van der Waals surface area contributed by atoms with Crippen molar-refractivity contribution in [2.75, 3.05) is 0 Å². The summed E-state index contributed by atoms with van der Waals surface area (Å²) < 4.78 is 3.31.